The summed E-state index contributed by atoms with van der Waals surface area (Å²) in [6.45, 7) is 0.502. The fourth-order valence-electron chi connectivity index (χ4n) is 3.21. The first-order valence-corrected chi connectivity index (χ1v) is 10.5. The standard InChI is InChI=1S/C23H17ClN2O2S/c24-17-6-8-21(27-12-15-4-2-1-3-5-15)16(10-17)11-18-7-9-22(28-18)23-25-19-13-29-14-20(19)26-23/h1-10,13-14H,11-12H2,(H,25,26). The van der Waals surface area contributed by atoms with Gasteiger partial charge in [0, 0.05) is 27.8 Å². The third kappa shape index (κ3) is 3.92. The summed E-state index contributed by atoms with van der Waals surface area (Å²) >= 11 is 7.86. The lowest BCUT2D eigenvalue weighted by molar-refractivity contribution is 0.303. The van der Waals surface area contributed by atoms with Crippen molar-refractivity contribution in [3.05, 3.63) is 93.3 Å². The van der Waals surface area contributed by atoms with Gasteiger partial charge in [-0.15, -0.1) is 11.3 Å². The highest BCUT2D eigenvalue weighted by molar-refractivity contribution is 7.09. The predicted molar refractivity (Wildman–Crippen MR) is 117 cm³/mol. The molecule has 0 bridgehead atoms. The molecule has 2 aromatic carbocycles. The Morgan fingerprint density at radius 2 is 1.93 bits per heavy atom. The zero-order valence-electron chi connectivity index (χ0n) is 15.4. The van der Waals surface area contributed by atoms with E-state index in [1.54, 1.807) is 11.3 Å². The number of benzene rings is 2. The zero-order chi connectivity index (χ0) is 19.6. The van der Waals surface area contributed by atoms with Crippen molar-refractivity contribution >= 4 is 34.0 Å². The average molecular weight is 421 g/mol. The van der Waals surface area contributed by atoms with Gasteiger partial charge >= 0.3 is 0 Å². The van der Waals surface area contributed by atoms with Crippen LogP contribution in [0.2, 0.25) is 5.02 Å². The van der Waals surface area contributed by atoms with Crippen molar-refractivity contribution in [2.75, 3.05) is 0 Å². The number of aromatic nitrogens is 2. The van der Waals surface area contributed by atoms with E-state index in [1.165, 1.54) is 0 Å². The lowest BCUT2D eigenvalue weighted by atomic mass is 10.1. The van der Waals surface area contributed by atoms with E-state index in [0.717, 1.165) is 45.3 Å². The van der Waals surface area contributed by atoms with Gasteiger partial charge in [0.15, 0.2) is 11.6 Å². The molecule has 0 saturated heterocycles. The van der Waals surface area contributed by atoms with Gasteiger partial charge in [0.05, 0.1) is 11.0 Å². The van der Waals surface area contributed by atoms with E-state index in [0.29, 0.717) is 18.1 Å². The molecule has 29 heavy (non-hydrogen) atoms. The fraction of sp³-hybridized carbons (Fsp3) is 0.0870. The van der Waals surface area contributed by atoms with Gasteiger partial charge in [0.25, 0.3) is 0 Å². The first-order valence-electron chi connectivity index (χ1n) is 9.21. The third-order valence-corrected chi connectivity index (χ3v) is 5.61. The molecule has 6 heteroatoms. The van der Waals surface area contributed by atoms with E-state index in [2.05, 4.69) is 9.97 Å². The molecule has 0 aliphatic carbocycles. The van der Waals surface area contributed by atoms with Gasteiger partial charge in [-0.3, -0.25) is 0 Å². The summed E-state index contributed by atoms with van der Waals surface area (Å²) in [5.74, 6) is 3.08. The smallest absolute Gasteiger partial charge is 0.174 e. The largest absolute Gasteiger partial charge is 0.489 e. The van der Waals surface area contributed by atoms with E-state index in [4.69, 9.17) is 20.8 Å². The molecule has 0 atom stereocenters. The van der Waals surface area contributed by atoms with Crippen molar-refractivity contribution in [3.63, 3.8) is 0 Å². The maximum absolute atomic E-state index is 6.23. The molecule has 0 amide bonds. The minimum atomic E-state index is 0.502. The van der Waals surface area contributed by atoms with Crippen molar-refractivity contribution in [1.82, 2.24) is 9.97 Å². The molecule has 0 fully saturated rings. The number of thiophene rings is 1. The van der Waals surface area contributed by atoms with Crippen LogP contribution in [-0.2, 0) is 13.0 Å². The second kappa shape index (κ2) is 7.78. The van der Waals surface area contributed by atoms with Crippen molar-refractivity contribution in [2.24, 2.45) is 0 Å². The summed E-state index contributed by atoms with van der Waals surface area (Å²) in [5, 5.41) is 4.73. The number of H-pyrrole nitrogens is 1. The number of furan rings is 1. The molecule has 0 saturated carbocycles. The van der Waals surface area contributed by atoms with Crippen LogP contribution < -0.4 is 4.74 Å². The van der Waals surface area contributed by atoms with Crippen LogP contribution in [0.5, 0.6) is 5.75 Å². The number of halogens is 1. The monoisotopic (exact) mass is 420 g/mol. The molecule has 1 N–H and O–H groups in total. The highest BCUT2D eigenvalue weighted by Crippen LogP contribution is 2.29. The summed E-state index contributed by atoms with van der Waals surface area (Å²) in [5.41, 5.74) is 4.07. The van der Waals surface area contributed by atoms with Gasteiger partial charge in [0.1, 0.15) is 18.1 Å². The van der Waals surface area contributed by atoms with E-state index < -0.39 is 0 Å². The number of nitrogens with zero attached hydrogens (tertiary/aromatic N) is 1. The number of hydrogen-bond acceptors (Lipinski definition) is 4. The zero-order valence-corrected chi connectivity index (χ0v) is 17.0. The molecule has 144 valence electrons. The first kappa shape index (κ1) is 18.0. The van der Waals surface area contributed by atoms with Crippen LogP contribution >= 0.6 is 22.9 Å². The molecule has 0 aliphatic heterocycles. The van der Waals surface area contributed by atoms with E-state index in [1.807, 2.05) is 71.4 Å². The van der Waals surface area contributed by atoms with Crippen LogP contribution in [0.1, 0.15) is 16.9 Å². The lowest BCUT2D eigenvalue weighted by Crippen LogP contribution is -1.99. The molecule has 0 radical (unpaired) electrons. The molecule has 0 aliphatic rings. The molecule has 5 rings (SSSR count). The van der Waals surface area contributed by atoms with Crippen LogP contribution in [0.3, 0.4) is 0 Å². The lowest BCUT2D eigenvalue weighted by Gasteiger charge is -2.11. The Balaban J connectivity index is 1.36. The summed E-state index contributed by atoms with van der Waals surface area (Å²) in [4.78, 5) is 7.86. The third-order valence-electron chi connectivity index (χ3n) is 4.65. The highest BCUT2D eigenvalue weighted by atomic mass is 35.5. The number of ether oxygens (including phenoxy) is 1. The van der Waals surface area contributed by atoms with Crippen LogP contribution in [0.25, 0.3) is 22.6 Å². The molecule has 5 aromatic rings. The minimum Gasteiger partial charge on any atom is -0.489 e. The Morgan fingerprint density at radius 3 is 2.79 bits per heavy atom. The molecule has 3 aromatic heterocycles. The van der Waals surface area contributed by atoms with E-state index in [9.17, 15) is 0 Å². The second-order valence-electron chi connectivity index (χ2n) is 6.73. The van der Waals surface area contributed by atoms with Crippen molar-refractivity contribution in [3.8, 4) is 17.3 Å². The van der Waals surface area contributed by atoms with Gasteiger partial charge in [-0.25, -0.2) is 4.98 Å². The fourth-order valence-corrected chi connectivity index (χ4v) is 4.10. The molecule has 0 unspecified atom stereocenters. The maximum atomic E-state index is 6.23. The summed E-state index contributed by atoms with van der Waals surface area (Å²) in [6, 6.07) is 19.7. The highest BCUT2D eigenvalue weighted by Gasteiger charge is 2.13. The Morgan fingerprint density at radius 1 is 1.03 bits per heavy atom. The van der Waals surface area contributed by atoms with E-state index >= 15 is 0 Å². The first-order chi connectivity index (χ1) is 14.2. The van der Waals surface area contributed by atoms with Gasteiger partial charge < -0.3 is 14.1 Å². The summed E-state index contributed by atoms with van der Waals surface area (Å²) in [7, 11) is 0. The van der Waals surface area contributed by atoms with E-state index in [-0.39, 0.29) is 0 Å². The number of imidazole rings is 1. The summed E-state index contributed by atoms with van der Waals surface area (Å²) < 4.78 is 12.1. The number of fused-ring (bicyclic) bond motifs is 1. The maximum Gasteiger partial charge on any atom is 0.174 e. The SMILES string of the molecule is Clc1ccc(OCc2ccccc2)c(Cc2ccc(-c3nc4cscc4[nH]3)o2)c1. The number of aromatic amines is 1. The summed E-state index contributed by atoms with van der Waals surface area (Å²) in [6.07, 6.45) is 0.583. The Labute approximate surface area is 176 Å². The number of rotatable bonds is 6. The minimum absolute atomic E-state index is 0.502. The molecule has 4 nitrogen and oxygen atoms in total. The van der Waals surface area contributed by atoms with Crippen LogP contribution in [0, 0.1) is 0 Å². The van der Waals surface area contributed by atoms with Crippen LogP contribution in [0.4, 0.5) is 0 Å². The van der Waals surface area contributed by atoms with Gasteiger partial charge in [-0.05, 0) is 35.9 Å². The van der Waals surface area contributed by atoms with Gasteiger partial charge in [0.2, 0.25) is 0 Å². The normalized spacial score (nSPS) is 11.2. The Hall–Kier alpha value is -3.02. The van der Waals surface area contributed by atoms with Crippen molar-refractivity contribution in [2.45, 2.75) is 13.0 Å². The predicted octanol–water partition coefficient (Wildman–Crippen LogP) is 6.71. The van der Waals surface area contributed by atoms with Gasteiger partial charge in [-0.1, -0.05) is 41.9 Å². The molecule has 3 heterocycles. The van der Waals surface area contributed by atoms with Crippen LogP contribution in [0.15, 0.2) is 75.8 Å². The number of nitrogens with one attached hydrogen (secondary N) is 1. The quantitative estimate of drug-likeness (QED) is 0.332. The Kier molecular flexibility index (Phi) is 4.84. The molecular weight excluding hydrogens is 404 g/mol. The molecular formula is C23H17ClN2O2S. The second-order valence-corrected chi connectivity index (χ2v) is 7.91. The van der Waals surface area contributed by atoms with Crippen molar-refractivity contribution in [1.29, 1.82) is 0 Å². The van der Waals surface area contributed by atoms with Crippen LogP contribution in [-0.4, -0.2) is 9.97 Å². The van der Waals surface area contributed by atoms with Crippen molar-refractivity contribution < 1.29 is 9.15 Å². The average Bonchev–Trinajstić information content (AvgIpc) is 3.44. The Bertz CT molecular complexity index is 1230. The molecule has 0 spiro atoms. The number of hydrogen-bond donors (Lipinski definition) is 1. The topological polar surface area (TPSA) is 51.0 Å². The van der Waals surface area contributed by atoms with Gasteiger partial charge in [-0.2, -0.15) is 0 Å².